The van der Waals surface area contributed by atoms with Gasteiger partial charge in [0.15, 0.2) is 0 Å². The summed E-state index contributed by atoms with van der Waals surface area (Å²) in [7, 11) is 0. The molecule has 0 aromatic heterocycles. The number of carboxylic acid groups (broad SMARTS) is 1. The zero-order valence-electron chi connectivity index (χ0n) is 14.5. The van der Waals surface area contributed by atoms with Crippen molar-refractivity contribution in [2.75, 3.05) is 6.61 Å². The summed E-state index contributed by atoms with van der Waals surface area (Å²) in [5.74, 6) is -2.15. The number of hydrogen-bond donors (Lipinski definition) is 1. The third kappa shape index (κ3) is 8.19. The van der Waals surface area contributed by atoms with Gasteiger partial charge in [0.05, 0.1) is 18.4 Å². The molecule has 0 heterocycles. The van der Waals surface area contributed by atoms with Crippen molar-refractivity contribution in [2.45, 2.75) is 77.6 Å². The Labute approximate surface area is 140 Å². The smallest absolute Gasteiger partial charge is 0.309 e. The summed E-state index contributed by atoms with van der Waals surface area (Å²) in [6.45, 7) is 2.60. The molecule has 0 aliphatic heterocycles. The molecule has 0 saturated heterocycles. The van der Waals surface area contributed by atoms with E-state index in [0.717, 1.165) is 44.9 Å². The average Bonchev–Trinajstić information content (AvgIpc) is 2.56. The second kappa shape index (κ2) is 12.1. The van der Waals surface area contributed by atoms with Crippen LogP contribution in [0, 0.1) is 11.8 Å². The van der Waals surface area contributed by atoms with Gasteiger partial charge in [0, 0.05) is 0 Å². The molecule has 1 N–H and O–H groups in total. The highest BCUT2D eigenvalue weighted by atomic mass is 16.5. The molecule has 0 radical (unpaired) electrons. The molecule has 1 aliphatic rings. The van der Waals surface area contributed by atoms with Crippen LogP contribution in [0.15, 0.2) is 12.2 Å². The lowest BCUT2D eigenvalue weighted by molar-refractivity contribution is -0.159. The summed E-state index contributed by atoms with van der Waals surface area (Å²) in [5.41, 5.74) is 0. The number of hydrogen-bond acceptors (Lipinski definition) is 3. The van der Waals surface area contributed by atoms with Crippen LogP contribution in [0.1, 0.15) is 77.6 Å². The van der Waals surface area contributed by atoms with Crippen LogP contribution in [0.4, 0.5) is 0 Å². The van der Waals surface area contributed by atoms with Crippen LogP contribution in [-0.4, -0.2) is 23.7 Å². The molecule has 0 amide bonds. The van der Waals surface area contributed by atoms with Crippen LogP contribution in [-0.2, 0) is 14.3 Å². The Morgan fingerprint density at radius 1 is 1.00 bits per heavy atom. The molecule has 4 nitrogen and oxygen atoms in total. The average molecular weight is 324 g/mol. The third-order valence-electron chi connectivity index (χ3n) is 4.52. The highest BCUT2D eigenvalue weighted by Crippen LogP contribution is 2.31. The first-order valence-electron chi connectivity index (χ1n) is 9.21. The highest BCUT2D eigenvalue weighted by Gasteiger charge is 2.36. The number of carbonyl (C=O) groups excluding carboxylic acids is 1. The largest absolute Gasteiger partial charge is 0.481 e. The maximum Gasteiger partial charge on any atom is 0.309 e. The van der Waals surface area contributed by atoms with E-state index < -0.39 is 17.8 Å². The van der Waals surface area contributed by atoms with Crippen molar-refractivity contribution in [1.82, 2.24) is 0 Å². The van der Waals surface area contributed by atoms with Gasteiger partial charge < -0.3 is 9.84 Å². The fourth-order valence-electron chi connectivity index (χ4n) is 3.11. The van der Waals surface area contributed by atoms with E-state index in [9.17, 15) is 14.7 Å². The van der Waals surface area contributed by atoms with Gasteiger partial charge in [0.1, 0.15) is 0 Å². The molecule has 4 heteroatoms. The molecule has 23 heavy (non-hydrogen) atoms. The van der Waals surface area contributed by atoms with Gasteiger partial charge in [0.25, 0.3) is 0 Å². The summed E-state index contributed by atoms with van der Waals surface area (Å²) in [6.07, 6.45) is 15.3. The lowest BCUT2D eigenvalue weighted by Gasteiger charge is -2.26. The summed E-state index contributed by atoms with van der Waals surface area (Å²) < 4.78 is 5.31. The van der Waals surface area contributed by atoms with E-state index >= 15 is 0 Å². The Hall–Kier alpha value is -1.32. The molecule has 2 atom stereocenters. The summed E-state index contributed by atoms with van der Waals surface area (Å²) >= 11 is 0. The van der Waals surface area contributed by atoms with Crippen molar-refractivity contribution in [3.8, 4) is 0 Å². The highest BCUT2D eigenvalue weighted by molar-refractivity contribution is 5.81. The SMILES string of the molecule is CCC/C=C/CCCCCCOC(=O)C1CCCCC1C(=O)O. The molecule has 1 fully saturated rings. The predicted molar refractivity (Wildman–Crippen MR) is 91.2 cm³/mol. The minimum absolute atomic E-state index is 0.306. The zero-order chi connectivity index (χ0) is 16.9. The van der Waals surface area contributed by atoms with E-state index in [1.54, 1.807) is 0 Å². The van der Waals surface area contributed by atoms with Crippen LogP contribution >= 0.6 is 0 Å². The van der Waals surface area contributed by atoms with Gasteiger partial charge >= 0.3 is 11.9 Å². The lowest BCUT2D eigenvalue weighted by Crippen LogP contribution is -2.33. The summed E-state index contributed by atoms with van der Waals surface area (Å²) in [4.78, 5) is 23.3. The van der Waals surface area contributed by atoms with Crippen molar-refractivity contribution < 1.29 is 19.4 Å². The van der Waals surface area contributed by atoms with Crippen LogP contribution in [0.3, 0.4) is 0 Å². The second-order valence-electron chi connectivity index (χ2n) is 6.47. The van der Waals surface area contributed by atoms with Gasteiger partial charge in [-0.05, 0) is 38.5 Å². The number of carbonyl (C=O) groups is 2. The van der Waals surface area contributed by atoms with E-state index in [4.69, 9.17) is 4.74 Å². The normalized spacial score (nSPS) is 21.4. The summed E-state index contributed by atoms with van der Waals surface area (Å²) in [6, 6.07) is 0. The number of ether oxygens (including phenoxy) is 1. The van der Waals surface area contributed by atoms with Gasteiger partial charge in [-0.15, -0.1) is 0 Å². The van der Waals surface area contributed by atoms with Gasteiger partial charge in [-0.3, -0.25) is 9.59 Å². The van der Waals surface area contributed by atoms with Gasteiger partial charge in [0.2, 0.25) is 0 Å². The Morgan fingerprint density at radius 3 is 2.35 bits per heavy atom. The standard InChI is InChI=1S/C19H32O4/c1-2-3-4-5-6-7-8-9-12-15-23-19(22)17-14-11-10-13-16(17)18(20)21/h4-5,16-17H,2-3,6-15H2,1H3,(H,20,21)/b5-4+. The van der Waals surface area contributed by atoms with Crippen LogP contribution in [0.2, 0.25) is 0 Å². The Kier molecular flexibility index (Phi) is 10.4. The number of carboxylic acids is 1. The fourth-order valence-corrected chi connectivity index (χ4v) is 3.11. The van der Waals surface area contributed by atoms with Crippen molar-refractivity contribution in [2.24, 2.45) is 11.8 Å². The Bertz CT molecular complexity index is 376. The van der Waals surface area contributed by atoms with Gasteiger partial charge in [-0.1, -0.05) is 51.2 Å². The van der Waals surface area contributed by atoms with Crippen LogP contribution < -0.4 is 0 Å². The maximum absolute atomic E-state index is 12.1. The molecule has 1 aliphatic carbocycles. The number of allylic oxidation sites excluding steroid dienone is 2. The molecular weight excluding hydrogens is 292 g/mol. The molecule has 1 saturated carbocycles. The molecule has 0 aromatic rings. The topological polar surface area (TPSA) is 63.6 Å². The molecule has 1 rings (SSSR count). The molecule has 132 valence electrons. The Balaban J connectivity index is 2.08. The van der Waals surface area contributed by atoms with E-state index in [2.05, 4.69) is 19.1 Å². The number of rotatable bonds is 11. The molecule has 2 unspecified atom stereocenters. The van der Waals surface area contributed by atoms with E-state index in [0.29, 0.717) is 19.4 Å². The number of esters is 1. The van der Waals surface area contributed by atoms with Crippen LogP contribution in [0.5, 0.6) is 0 Å². The van der Waals surface area contributed by atoms with Crippen molar-refractivity contribution >= 4 is 11.9 Å². The van der Waals surface area contributed by atoms with Crippen molar-refractivity contribution in [3.63, 3.8) is 0 Å². The van der Waals surface area contributed by atoms with E-state index in [1.165, 1.54) is 12.8 Å². The Morgan fingerprint density at radius 2 is 1.65 bits per heavy atom. The fraction of sp³-hybridized carbons (Fsp3) is 0.789. The van der Waals surface area contributed by atoms with Crippen LogP contribution in [0.25, 0.3) is 0 Å². The van der Waals surface area contributed by atoms with Crippen molar-refractivity contribution in [3.05, 3.63) is 12.2 Å². The quantitative estimate of drug-likeness (QED) is 0.339. The first-order valence-corrected chi connectivity index (χ1v) is 9.21. The minimum Gasteiger partial charge on any atom is -0.481 e. The van der Waals surface area contributed by atoms with E-state index in [1.807, 2.05) is 0 Å². The first kappa shape index (κ1) is 19.7. The number of unbranched alkanes of at least 4 members (excludes halogenated alkanes) is 5. The predicted octanol–water partition coefficient (Wildman–Crippen LogP) is 4.73. The third-order valence-corrected chi connectivity index (χ3v) is 4.52. The van der Waals surface area contributed by atoms with Crippen molar-refractivity contribution in [1.29, 1.82) is 0 Å². The maximum atomic E-state index is 12.1. The monoisotopic (exact) mass is 324 g/mol. The molecule has 0 aromatic carbocycles. The molecular formula is C19H32O4. The molecule has 0 spiro atoms. The van der Waals surface area contributed by atoms with Gasteiger partial charge in [-0.25, -0.2) is 0 Å². The minimum atomic E-state index is -0.859. The lowest BCUT2D eigenvalue weighted by atomic mass is 9.79. The zero-order valence-corrected chi connectivity index (χ0v) is 14.5. The number of aliphatic carboxylic acids is 1. The second-order valence-corrected chi connectivity index (χ2v) is 6.47. The first-order chi connectivity index (χ1) is 11.2. The van der Waals surface area contributed by atoms with Gasteiger partial charge in [-0.2, -0.15) is 0 Å². The summed E-state index contributed by atoms with van der Waals surface area (Å²) in [5, 5.41) is 9.19. The van der Waals surface area contributed by atoms with E-state index in [-0.39, 0.29) is 5.97 Å². The molecule has 0 bridgehead atoms.